The van der Waals surface area contributed by atoms with Gasteiger partial charge in [0.05, 0.1) is 5.52 Å². The van der Waals surface area contributed by atoms with Crippen LogP contribution >= 0.6 is 33.9 Å². The molecular formula is C17H17IN4OS. The molecule has 1 fully saturated rings. The number of hydrogen-bond donors (Lipinski definition) is 2. The molecule has 1 aromatic carbocycles. The van der Waals surface area contributed by atoms with Gasteiger partial charge in [0.15, 0.2) is 0 Å². The lowest BCUT2D eigenvalue weighted by Gasteiger charge is -2.25. The van der Waals surface area contributed by atoms with E-state index in [0.29, 0.717) is 0 Å². The number of thiophene rings is 1. The molecule has 3 heterocycles. The molecule has 2 aromatic heterocycles. The number of halogens is 1. The van der Waals surface area contributed by atoms with E-state index in [4.69, 9.17) is 0 Å². The summed E-state index contributed by atoms with van der Waals surface area (Å²) < 4.78 is 0.910. The molecule has 0 spiro atoms. The van der Waals surface area contributed by atoms with Crippen LogP contribution < -0.4 is 5.32 Å². The third kappa shape index (κ3) is 3.07. The third-order valence-electron chi connectivity index (χ3n) is 4.35. The Morgan fingerprint density at radius 3 is 2.92 bits per heavy atom. The Labute approximate surface area is 157 Å². The summed E-state index contributed by atoms with van der Waals surface area (Å²) >= 11 is 3.84. The molecule has 124 valence electrons. The molecular weight excluding hydrogens is 435 g/mol. The van der Waals surface area contributed by atoms with Gasteiger partial charge in [0.2, 0.25) is 5.91 Å². The minimum Gasteiger partial charge on any atom is -0.324 e. The van der Waals surface area contributed by atoms with Gasteiger partial charge in [-0.25, -0.2) is 0 Å². The first kappa shape index (κ1) is 16.0. The molecule has 1 aliphatic heterocycles. The number of nitrogens with one attached hydrogen (secondary N) is 2. The number of H-pyrrole nitrogens is 1. The van der Waals surface area contributed by atoms with E-state index in [1.807, 2.05) is 29.6 Å². The van der Waals surface area contributed by atoms with E-state index >= 15 is 0 Å². The maximum absolute atomic E-state index is 13.0. The van der Waals surface area contributed by atoms with Crippen LogP contribution in [0.25, 0.3) is 10.9 Å². The molecule has 2 N–H and O–H groups in total. The highest BCUT2D eigenvalue weighted by molar-refractivity contribution is 14.1. The number of amides is 1. The van der Waals surface area contributed by atoms with Gasteiger partial charge in [-0.1, -0.05) is 6.07 Å². The first-order valence-corrected chi connectivity index (χ1v) is 9.90. The van der Waals surface area contributed by atoms with Crippen molar-refractivity contribution in [3.05, 3.63) is 44.3 Å². The maximum atomic E-state index is 13.0. The number of carbonyl (C=O) groups excluding carboxylic acids is 1. The third-order valence-corrected chi connectivity index (χ3v) is 6.10. The van der Waals surface area contributed by atoms with Crippen molar-refractivity contribution < 1.29 is 4.79 Å². The van der Waals surface area contributed by atoms with Crippen LogP contribution in [-0.2, 0) is 4.79 Å². The van der Waals surface area contributed by atoms with Crippen LogP contribution in [0, 0.1) is 3.70 Å². The first-order chi connectivity index (χ1) is 11.7. The molecule has 0 saturated carbocycles. The van der Waals surface area contributed by atoms with E-state index in [1.54, 1.807) is 11.3 Å². The van der Waals surface area contributed by atoms with Crippen molar-refractivity contribution >= 4 is 56.4 Å². The Bertz CT molecular complexity index is 855. The van der Waals surface area contributed by atoms with Gasteiger partial charge in [-0.3, -0.25) is 14.8 Å². The fraction of sp³-hybridized carbons (Fsp3) is 0.294. The highest BCUT2D eigenvalue weighted by atomic mass is 127. The predicted octanol–water partition coefficient (Wildman–Crippen LogP) is 4.00. The Balaban J connectivity index is 1.60. The van der Waals surface area contributed by atoms with Crippen molar-refractivity contribution in [2.45, 2.75) is 18.9 Å². The standard InChI is InChI=1S/C17H17IN4OS/c18-16-12-10-11(5-6-13(12)20-21-16)19-17(23)15(14-4-3-9-24-14)22-7-1-2-8-22/h3-6,9-10,15H,1-2,7-8H2,(H,19,23)(H,20,21). The Kier molecular flexibility index (Phi) is 4.55. The summed E-state index contributed by atoms with van der Waals surface area (Å²) in [6.45, 7) is 1.96. The van der Waals surface area contributed by atoms with Crippen LogP contribution in [0.4, 0.5) is 5.69 Å². The van der Waals surface area contributed by atoms with Crippen molar-refractivity contribution in [1.29, 1.82) is 0 Å². The van der Waals surface area contributed by atoms with Crippen molar-refractivity contribution in [2.24, 2.45) is 0 Å². The van der Waals surface area contributed by atoms with Gasteiger partial charge in [-0.2, -0.15) is 5.10 Å². The number of carbonyl (C=O) groups is 1. The first-order valence-electron chi connectivity index (χ1n) is 7.94. The number of fused-ring (bicyclic) bond motifs is 1. The van der Waals surface area contributed by atoms with Gasteiger partial charge in [-0.05, 0) is 78.2 Å². The zero-order valence-electron chi connectivity index (χ0n) is 13.0. The topological polar surface area (TPSA) is 61.0 Å². The summed E-state index contributed by atoms with van der Waals surface area (Å²) in [6.07, 6.45) is 2.32. The number of anilines is 1. The number of nitrogens with zero attached hydrogens (tertiary/aromatic N) is 2. The fourth-order valence-electron chi connectivity index (χ4n) is 3.19. The molecule has 4 rings (SSSR count). The largest absolute Gasteiger partial charge is 0.324 e. The van der Waals surface area contributed by atoms with Gasteiger partial charge >= 0.3 is 0 Å². The minimum atomic E-state index is -0.202. The molecule has 0 aliphatic carbocycles. The second-order valence-electron chi connectivity index (χ2n) is 5.93. The molecule has 24 heavy (non-hydrogen) atoms. The van der Waals surface area contributed by atoms with Crippen LogP contribution in [0.3, 0.4) is 0 Å². The molecule has 1 saturated heterocycles. The average Bonchev–Trinajstić information content (AvgIpc) is 3.32. The van der Waals surface area contributed by atoms with E-state index in [0.717, 1.165) is 51.1 Å². The van der Waals surface area contributed by atoms with Gasteiger partial charge in [-0.15, -0.1) is 11.3 Å². The van der Waals surface area contributed by atoms with E-state index in [2.05, 4.69) is 49.1 Å². The highest BCUT2D eigenvalue weighted by Gasteiger charge is 2.30. The smallest absolute Gasteiger partial charge is 0.247 e. The molecule has 0 radical (unpaired) electrons. The maximum Gasteiger partial charge on any atom is 0.247 e. The lowest BCUT2D eigenvalue weighted by atomic mass is 10.1. The normalized spacial score (nSPS) is 16.5. The molecule has 1 amide bonds. The molecule has 3 aromatic rings. The molecule has 1 aliphatic rings. The van der Waals surface area contributed by atoms with Crippen molar-refractivity contribution in [3.8, 4) is 0 Å². The summed E-state index contributed by atoms with van der Waals surface area (Å²) in [7, 11) is 0. The predicted molar refractivity (Wildman–Crippen MR) is 105 cm³/mol. The van der Waals surface area contributed by atoms with Crippen LogP contribution in [-0.4, -0.2) is 34.1 Å². The number of aromatic amines is 1. The summed E-state index contributed by atoms with van der Waals surface area (Å²) in [6, 6.07) is 9.71. The Hall–Kier alpha value is -1.45. The molecule has 0 bridgehead atoms. The molecule has 1 unspecified atom stereocenters. The molecule has 7 heteroatoms. The van der Waals surface area contributed by atoms with Gasteiger partial charge in [0.1, 0.15) is 9.74 Å². The van der Waals surface area contributed by atoms with Crippen LogP contribution in [0.15, 0.2) is 35.7 Å². The summed E-state index contributed by atoms with van der Waals surface area (Å²) in [4.78, 5) is 16.4. The number of benzene rings is 1. The zero-order chi connectivity index (χ0) is 16.5. The minimum absolute atomic E-state index is 0.0391. The Morgan fingerprint density at radius 2 is 2.17 bits per heavy atom. The van der Waals surface area contributed by atoms with Gasteiger partial charge in [0.25, 0.3) is 0 Å². The number of rotatable bonds is 4. The average molecular weight is 452 g/mol. The van der Waals surface area contributed by atoms with E-state index in [9.17, 15) is 4.79 Å². The number of aromatic nitrogens is 2. The SMILES string of the molecule is O=C(Nc1ccc2[nH]nc(I)c2c1)C(c1cccs1)N1CCCC1. The number of likely N-dealkylation sites (tertiary alicyclic amines) is 1. The summed E-state index contributed by atoms with van der Waals surface area (Å²) in [5.41, 5.74) is 1.79. The number of hydrogen-bond acceptors (Lipinski definition) is 4. The van der Waals surface area contributed by atoms with E-state index < -0.39 is 0 Å². The molecule has 1 atom stereocenters. The van der Waals surface area contributed by atoms with Crippen molar-refractivity contribution in [1.82, 2.24) is 15.1 Å². The van der Waals surface area contributed by atoms with Gasteiger partial charge in [0, 0.05) is 16.0 Å². The Morgan fingerprint density at radius 1 is 1.33 bits per heavy atom. The van der Waals surface area contributed by atoms with E-state index in [1.165, 1.54) is 0 Å². The summed E-state index contributed by atoms with van der Waals surface area (Å²) in [5.74, 6) is 0.0391. The monoisotopic (exact) mass is 452 g/mol. The second kappa shape index (κ2) is 6.81. The van der Waals surface area contributed by atoms with Crippen LogP contribution in [0.2, 0.25) is 0 Å². The lowest BCUT2D eigenvalue weighted by molar-refractivity contribution is -0.121. The van der Waals surface area contributed by atoms with E-state index in [-0.39, 0.29) is 11.9 Å². The van der Waals surface area contributed by atoms with Crippen LogP contribution in [0.1, 0.15) is 23.8 Å². The van der Waals surface area contributed by atoms with Crippen LogP contribution in [0.5, 0.6) is 0 Å². The quantitative estimate of drug-likeness (QED) is 0.589. The van der Waals surface area contributed by atoms with Crippen molar-refractivity contribution in [3.63, 3.8) is 0 Å². The molecule has 5 nitrogen and oxygen atoms in total. The lowest BCUT2D eigenvalue weighted by Crippen LogP contribution is -2.35. The van der Waals surface area contributed by atoms with Gasteiger partial charge < -0.3 is 5.32 Å². The fourth-order valence-corrected chi connectivity index (χ4v) is 4.62. The second-order valence-corrected chi connectivity index (χ2v) is 7.93. The zero-order valence-corrected chi connectivity index (χ0v) is 15.9. The summed E-state index contributed by atoms with van der Waals surface area (Å²) in [5, 5.41) is 13.3. The van der Waals surface area contributed by atoms with Crippen molar-refractivity contribution in [2.75, 3.05) is 18.4 Å². The highest BCUT2D eigenvalue weighted by Crippen LogP contribution is 2.30.